The van der Waals surface area contributed by atoms with Crippen molar-refractivity contribution >= 4 is 58.1 Å². The Morgan fingerprint density at radius 3 is 2.60 bits per heavy atom. The average molecular weight is 536 g/mol. The highest BCUT2D eigenvalue weighted by atomic mass is 35.5. The highest BCUT2D eigenvalue weighted by Gasteiger charge is 2.29. The molecule has 1 atom stereocenters. The molecule has 0 saturated carbocycles. The fraction of sp³-hybridized carbons (Fsp3) is 0.208. The number of amides is 1. The second kappa shape index (κ2) is 11.0. The van der Waals surface area contributed by atoms with E-state index < -0.39 is 30.6 Å². The number of anilines is 1. The van der Waals surface area contributed by atoms with Crippen molar-refractivity contribution in [2.45, 2.75) is 13.0 Å². The zero-order chi connectivity index (χ0) is 24.9. The smallest absolute Gasteiger partial charge is 0.351 e. The summed E-state index contributed by atoms with van der Waals surface area (Å²) in [6.45, 7) is 1.21. The number of carbonyl (C=O) groups is 3. The predicted molar refractivity (Wildman–Crippen MR) is 132 cm³/mol. The Balaban J connectivity index is 1.43. The molecule has 1 amide bonds. The van der Waals surface area contributed by atoms with Gasteiger partial charge in [-0.15, -0.1) is 11.3 Å². The summed E-state index contributed by atoms with van der Waals surface area (Å²) in [4.78, 5) is 38.2. The van der Waals surface area contributed by atoms with Gasteiger partial charge in [-0.1, -0.05) is 41.4 Å². The van der Waals surface area contributed by atoms with Crippen LogP contribution in [0.1, 0.15) is 16.6 Å². The first-order valence-corrected chi connectivity index (χ1v) is 12.0. The topological polar surface area (TPSA) is 100 Å². The number of ether oxygens (including phenoxy) is 4. The number of para-hydroxylation sites is 2. The molecule has 0 aliphatic carbocycles. The number of hydrogen-bond acceptors (Lipinski definition) is 8. The largest absolute Gasteiger partial charge is 0.485 e. The van der Waals surface area contributed by atoms with Gasteiger partial charge < -0.3 is 24.3 Å². The molecular formula is C24H19Cl2NO7S. The lowest BCUT2D eigenvalue weighted by molar-refractivity contribution is -0.156. The van der Waals surface area contributed by atoms with E-state index in [1.54, 1.807) is 55.5 Å². The zero-order valence-electron chi connectivity index (χ0n) is 18.3. The number of nitrogens with one attached hydrogen (secondary N) is 1. The summed E-state index contributed by atoms with van der Waals surface area (Å²) in [5.41, 5.74) is 0.843. The monoisotopic (exact) mass is 535 g/mol. The molecular weight excluding hydrogens is 517 g/mol. The van der Waals surface area contributed by atoms with Crippen LogP contribution in [0.5, 0.6) is 11.5 Å². The second-order valence-electron chi connectivity index (χ2n) is 7.22. The van der Waals surface area contributed by atoms with Gasteiger partial charge in [0.1, 0.15) is 11.5 Å². The highest BCUT2D eigenvalue weighted by Crippen LogP contribution is 2.39. The number of rotatable bonds is 7. The number of halogens is 2. The Labute approximate surface area is 214 Å². The van der Waals surface area contributed by atoms with E-state index in [-0.39, 0.29) is 23.8 Å². The highest BCUT2D eigenvalue weighted by molar-refractivity contribution is 7.18. The number of thiophene rings is 1. The molecule has 2 heterocycles. The molecule has 35 heavy (non-hydrogen) atoms. The van der Waals surface area contributed by atoms with Gasteiger partial charge in [0.15, 0.2) is 18.1 Å². The summed E-state index contributed by atoms with van der Waals surface area (Å²) >= 11 is 13.4. The van der Waals surface area contributed by atoms with Gasteiger partial charge in [-0.05, 0) is 37.3 Å². The van der Waals surface area contributed by atoms with E-state index in [0.29, 0.717) is 32.0 Å². The van der Waals surface area contributed by atoms with E-state index in [1.165, 1.54) is 0 Å². The maximum Gasteiger partial charge on any atom is 0.351 e. The van der Waals surface area contributed by atoms with Gasteiger partial charge in [0, 0.05) is 15.5 Å². The van der Waals surface area contributed by atoms with Crippen LogP contribution in [0.4, 0.5) is 5.69 Å². The van der Waals surface area contributed by atoms with Crippen molar-refractivity contribution in [2.24, 2.45) is 0 Å². The van der Waals surface area contributed by atoms with Crippen LogP contribution in [-0.2, 0) is 19.1 Å². The Morgan fingerprint density at radius 2 is 1.86 bits per heavy atom. The van der Waals surface area contributed by atoms with Gasteiger partial charge in [-0.3, -0.25) is 4.79 Å². The molecule has 11 heteroatoms. The van der Waals surface area contributed by atoms with Crippen LogP contribution in [0.25, 0.3) is 10.4 Å². The summed E-state index contributed by atoms with van der Waals surface area (Å²) in [5.74, 6) is -1.06. The second-order valence-corrected chi connectivity index (χ2v) is 9.11. The van der Waals surface area contributed by atoms with Crippen LogP contribution < -0.4 is 14.8 Å². The molecule has 1 aliphatic heterocycles. The minimum absolute atomic E-state index is 0.0415. The summed E-state index contributed by atoms with van der Waals surface area (Å²) in [5, 5.41) is 3.45. The van der Waals surface area contributed by atoms with Gasteiger partial charge >= 0.3 is 11.9 Å². The Morgan fingerprint density at radius 1 is 1.09 bits per heavy atom. The molecule has 0 unspecified atom stereocenters. The van der Waals surface area contributed by atoms with E-state index in [1.807, 2.05) is 0 Å². The lowest BCUT2D eigenvalue weighted by Gasteiger charge is -2.24. The van der Waals surface area contributed by atoms with Crippen molar-refractivity contribution < 1.29 is 33.3 Å². The van der Waals surface area contributed by atoms with Crippen molar-refractivity contribution in [2.75, 3.05) is 25.1 Å². The molecule has 0 fully saturated rings. The molecule has 4 rings (SSSR count). The fourth-order valence-corrected chi connectivity index (χ4v) is 4.82. The minimum atomic E-state index is -1.01. The summed E-state index contributed by atoms with van der Waals surface area (Å²) in [6, 6.07) is 13.5. The van der Waals surface area contributed by atoms with Crippen LogP contribution >= 0.6 is 34.5 Å². The van der Waals surface area contributed by atoms with Crippen molar-refractivity contribution in [3.8, 4) is 21.9 Å². The van der Waals surface area contributed by atoms with Crippen LogP contribution in [0, 0.1) is 0 Å². The van der Waals surface area contributed by atoms with E-state index in [0.717, 1.165) is 11.3 Å². The number of benzene rings is 2. The number of hydrogen-bond donors (Lipinski definition) is 1. The summed E-state index contributed by atoms with van der Waals surface area (Å²) < 4.78 is 21.3. The molecule has 1 N–H and O–H groups in total. The number of carbonyl (C=O) groups excluding carboxylic acids is 3. The standard InChI is InChI=1S/C24H19Cl2NO7S/c1-2-31-24(30)22-16(10-20(35-22)14-8-7-13(25)9-15(14)26)27-21(28)12-33-23(29)19-11-32-17-5-3-4-6-18(17)34-19/h3-10,19H,2,11-12H2,1H3,(H,27,28)/t19-/m1/s1. The average Bonchev–Trinajstić information content (AvgIpc) is 3.25. The molecule has 1 aliphatic rings. The molecule has 0 saturated heterocycles. The molecule has 3 aromatic rings. The van der Waals surface area contributed by atoms with Crippen molar-refractivity contribution in [3.63, 3.8) is 0 Å². The number of esters is 2. The van der Waals surface area contributed by atoms with Gasteiger partial charge in [-0.2, -0.15) is 0 Å². The zero-order valence-corrected chi connectivity index (χ0v) is 20.7. The normalized spacial score (nSPS) is 14.2. The Hall–Kier alpha value is -3.27. The maximum atomic E-state index is 12.5. The van der Waals surface area contributed by atoms with Crippen LogP contribution in [0.2, 0.25) is 10.0 Å². The maximum absolute atomic E-state index is 12.5. The third-order valence-electron chi connectivity index (χ3n) is 4.78. The third-order valence-corrected chi connectivity index (χ3v) is 6.48. The van der Waals surface area contributed by atoms with E-state index >= 15 is 0 Å². The van der Waals surface area contributed by atoms with Crippen molar-refractivity contribution in [3.05, 3.63) is 63.5 Å². The van der Waals surface area contributed by atoms with E-state index in [4.69, 9.17) is 42.1 Å². The lowest BCUT2D eigenvalue weighted by atomic mass is 10.2. The molecule has 0 radical (unpaired) electrons. The van der Waals surface area contributed by atoms with Crippen molar-refractivity contribution in [1.29, 1.82) is 0 Å². The van der Waals surface area contributed by atoms with Gasteiger partial charge in [0.2, 0.25) is 6.10 Å². The lowest BCUT2D eigenvalue weighted by Crippen LogP contribution is -2.39. The van der Waals surface area contributed by atoms with Crippen LogP contribution in [0.3, 0.4) is 0 Å². The minimum Gasteiger partial charge on any atom is -0.485 e. The quantitative estimate of drug-likeness (QED) is 0.414. The molecule has 1 aromatic heterocycles. The first kappa shape index (κ1) is 24.8. The summed E-state index contributed by atoms with van der Waals surface area (Å²) in [6.07, 6.45) is -1.01. The third kappa shape index (κ3) is 5.87. The van der Waals surface area contributed by atoms with Crippen LogP contribution in [0.15, 0.2) is 48.5 Å². The Bertz CT molecular complexity index is 1280. The first-order valence-electron chi connectivity index (χ1n) is 10.5. The summed E-state index contributed by atoms with van der Waals surface area (Å²) in [7, 11) is 0. The van der Waals surface area contributed by atoms with E-state index in [9.17, 15) is 14.4 Å². The molecule has 0 spiro atoms. The van der Waals surface area contributed by atoms with Crippen LogP contribution in [-0.4, -0.2) is 43.8 Å². The molecule has 8 nitrogen and oxygen atoms in total. The molecule has 182 valence electrons. The molecule has 2 aromatic carbocycles. The van der Waals surface area contributed by atoms with Gasteiger partial charge in [0.05, 0.1) is 17.3 Å². The number of fused-ring (bicyclic) bond motifs is 1. The van der Waals surface area contributed by atoms with Crippen molar-refractivity contribution in [1.82, 2.24) is 0 Å². The van der Waals surface area contributed by atoms with Gasteiger partial charge in [-0.25, -0.2) is 9.59 Å². The predicted octanol–water partition coefficient (Wildman–Crippen LogP) is 5.22. The van der Waals surface area contributed by atoms with Gasteiger partial charge in [0.25, 0.3) is 5.91 Å². The fourth-order valence-electron chi connectivity index (χ4n) is 3.21. The first-order chi connectivity index (χ1) is 16.9. The molecule has 0 bridgehead atoms. The van der Waals surface area contributed by atoms with E-state index in [2.05, 4.69) is 5.32 Å². The SMILES string of the molecule is CCOC(=O)c1sc(-c2ccc(Cl)cc2Cl)cc1NC(=O)COC(=O)[C@H]1COc2ccccc2O1. The Kier molecular flexibility index (Phi) is 7.80.